The summed E-state index contributed by atoms with van der Waals surface area (Å²) in [6, 6.07) is 7.79. The highest BCUT2D eigenvalue weighted by atomic mass is 32.2. The van der Waals surface area contributed by atoms with Gasteiger partial charge in [-0.25, -0.2) is 27.8 Å². The molecule has 2 N–H and O–H groups in total. The standard InChI is InChI=1S/C32H39F2N5O6S/c1-19(2)27(38-31(41)45-32(3,4)5)29(40)39-46(6,42)18-20-13-22-16-23(14-20)43-11-7-8-12-44-26-15-21(33)9-10-24(26)28-25(34)17-35-30(36-22)37-28/h9-10,13-17,19,27H,7-8,11-12,18H2,1-6H3,(H,38,41)(H,35,36,37)/t27-,46?/m0/s1. The van der Waals surface area contributed by atoms with Crippen molar-refractivity contribution in [2.24, 2.45) is 10.3 Å². The van der Waals surface area contributed by atoms with Gasteiger partial charge in [0.1, 0.15) is 34.7 Å². The first-order valence-corrected chi connectivity index (χ1v) is 16.9. The number of anilines is 2. The Morgan fingerprint density at radius 2 is 1.83 bits per heavy atom. The number of halogens is 2. The van der Waals surface area contributed by atoms with E-state index < -0.39 is 45.0 Å². The second kappa shape index (κ2) is 14.4. The largest absolute Gasteiger partial charge is 0.494 e. The van der Waals surface area contributed by atoms with Crippen molar-refractivity contribution in [3.05, 3.63) is 59.8 Å². The molecule has 2 heterocycles. The maximum Gasteiger partial charge on any atom is 0.408 e. The molecule has 0 spiro atoms. The number of hydrogen-bond acceptors (Lipinski definition) is 9. The van der Waals surface area contributed by atoms with Crippen LogP contribution in [0.3, 0.4) is 0 Å². The van der Waals surface area contributed by atoms with E-state index in [2.05, 4.69) is 25.0 Å². The number of alkyl carbamates (subject to hydrolysis) is 1. The van der Waals surface area contributed by atoms with Crippen LogP contribution in [0.2, 0.25) is 0 Å². The molecule has 46 heavy (non-hydrogen) atoms. The quantitative estimate of drug-likeness (QED) is 0.319. The SMILES string of the molecule is CC(C)[C@H](NC(=O)OC(C)(C)C)C(=O)N=S(C)(=O)Cc1cc2cc(c1)OCCCCOc1cc(F)ccc1-c1nc(ncc1F)N2. The van der Waals surface area contributed by atoms with Crippen molar-refractivity contribution in [3.8, 4) is 22.8 Å². The number of aromatic nitrogens is 2. The average molecular weight is 660 g/mol. The van der Waals surface area contributed by atoms with Gasteiger partial charge in [-0.1, -0.05) is 13.8 Å². The molecular formula is C32H39F2N5O6S. The van der Waals surface area contributed by atoms with E-state index in [1.54, 1.807) is 52.8 Å². The molecule has 0 fully saturated rings. The number of nitrogens with zero attached hydrogens (tertiary/aromatic N) is 3. The van der Waals surface area contributed by atoms with E-state index in [1.165, 1.54) is 24.5 Å². The zero-order valence-corrected chi connectivity index (χ0v) is 27.5. The van der Waals surface area contributed by atoms with Crippen LogP contribution in [0.15, 0.2) is 47.0 Å². The molecule has 11 nitrogen and oxygen atoms in total. The molecular weight excluding hydrogens is 620 g/mol. The number of ether oxygens (including phenoxy) is 3. The van der Waals surface area contributed by atoms with Gasteiger partial charge >= 0.3 is 6.09 Å². The summed E-state index contributed by atoms with van der Waals surface area (Å²) in [5.41, 5.74) is 0.397. The minimum Gasteiger partial charge on any atom is -0.494 e. The van der Waals surface area contributed by atoms with Crippen LogP contribution in [0, 0.1) is 17.6 Å². The number of carbonyl (C=O) groups excluding carboxylic acids is 2. The lowest BCUT2D eigenvalue weighted by molar-refractivity contribution is -0.120. The van der Waals surface area contributed by atoms with Crippen molar-refractivity contribution < 1.29 is 36.8 Å². The summed E-state index contributed by atoms with van der Waals surface area (Å²) < 4.78 is 63.6. The Balaban J connectivity index is 1.64. The van der Waals surface area contributed by atoms with Crippen LogP contribution in [0.1, 0.15) is 53.0 Å². The molecule has 1 aromatic heterocycles. The van der Waals surface area contributed by atoms with Gasteiger partial charge in [0.2, 0.25) is 5.95 Å². The molecule has 3 aromatic rings. The molecule has 1 aliphatic rings. The van der Waals surface area contributed by atoms with Crippen molar-refractivity contribution in [1.29, 1.82) is 0 Å². The summed E-state index contributed by atoms with van der Waals surface area (Å²) in [5, 5.41) is 5.56. The van der Waals surface area contributed by atoms with Crippen molar-refractivity contribution in [2.75, 3.05) is 24.8 Å². The molecule has 0 aliphatic carbocycles. The normalized spacial score (nSPS) is 15.3. The van der Waals surface area contributed by atoms with E-state index in [4.69, 9.17) is 14.2 Å². The summed E-state index contributed by atoms with van der Waals surface area (Å²) >= 11 is 0. The molecule has 2 aromatic carbocycles. The topological polar surface area (TPSA) is 141 Å². The maximum absolute atomic E-state index is 14.9. The van der Waals surface area contributed by atoms with Crippen molar-refractivity contribution in [1.82, 2.24) is 15.3 Å². The Hall–Kier alpha value is -4.33. The number of hydrogen-bond donors (Lipinski definition) is 2. The predicted octanol–water partition coefficient (Wildman–Crippen LogP) is 6.39. The van der Waals surface area contributed by atoms with E-state index in [9.17, 15) is 22.6 Å². The fraction of sp³-hybridized carbons (Fsp3) is 0.438. The third-order valence-electron chi connectivity index (χ3n) is 6.55. The van der Waals surface area contributed by atoms with E-state index in [1.807, 2.05) is 0 Å². The number of rotatable bonds is 5. The number of benzene rings is 2. The fourth-order valence-corrected chi connectivity index (χ4v) is 5.91. The summed E-state index contributed by atoms with van der Waals surface area (Å²) in [5.74, 6) is -1.83. The lowest BCUT2D eigenvalue weighted by Crippen LogP contribution is -2.46. The van der Waals surface area contributed by atoms with Gasteiger partial charge in [-0.3, -0.25) is 4.79 Å². The van der Waals surface area contributed by atoms with Gasteiger partial charge in [0.05, 0.1) is 34.9 Å². The predicted molar refractivity (Wildman–Crippen MR) is 171 cm³/mol. The summed E-state index contributed by atoms with van der Waals surface area (Å²) in [7, 11) is -3.14. The first-order valence-electron chi connectivity index (χ1n) is 14.8. The molecule has 14 heteroatoms. The highest BCUT2D eigenvalue weighted by molar-refractivity contribution is 7.92. The second-order valence-corrected chi connectivity index (χ2v) is 14.7. The molecule has 1 aliphatic heterocycles. The molecule has 2 amide bonds. The lowest BCUT2D eigenvalue weighted by Gasteiger charge is -2.24. The van der Waals surface area contributed by atoms with Crippen LogP contribution >= 0.6 is 0 Å². The van der Waals surface area contributed by atoms with Gasteiger partial charge < -0.3 is 24.8 Å². The summed E-state index contributed by atoms with van der Waals surface area (Å²) in [6.07, 6.45) is 2.74. The first kappa shape index (κ1) is 34.5. The molecule has 0 saturated carbocycles. The van der Waals surface area contributed by atoms with Gasteiger partial charge in [-0.2, -0.15) is 4.36 Å². The Kier molecular flexibility index (Phi) is 10.8. The van der Waals surface area contributed by atoms with Crippen molar-refractivity contribution in [3.63, 3.8) is 0 Å². The van der Waals surface area contributed by atoms with Crippen LogP contribution in [-0.2, 0) is 25.0 Å². The summed E-state index contributed by atoms with van der Waals surface area (Å²) in [6.45, 7) is 9.13. The van der Waals surface area contributed by atoms with E-state index in [-0.39, 0.29) is 41.2 Å². The third-order valence-corrected chi connectivity index (χ3v) is 7.99. The Labute approximate surface area is 267 Å². The highest BCUT2D eigenvalue weighted by Gasteiger charge is 2.28. The number of fused-ring (bicyclic) bond motifs is 6. The molecule has 4 bridgehead atoms. The van der Waals surface area contributed by atoms with Gasteiger partial charge in [0, 0.05) is 29.6 Å². The molecule has 1 unspecified atom stereocenters. The molecule has 248 valence electrons. The lowest BCUT2D eigenvalue weighted by atomic mass is 10.0. The Morgan fingerprint density at radius 3 is 2.52 bits per heavy atom. The Bertz CT molecular complexity index is 1720. The smallest absolute Gasteiger partial charge is 0.408 e. The number of carbonyl (C=O) groups is 2. The summed E-state index contributed by atoms with van der Waals surface area (Å²) in [4.78, 5) is 33.9. The second-order valence-electron chi connectivity index (χ2n) is 12.3. The van der Waals surface area contributed by atoms with E-state index >= 15 is 0 Å². The van der Waals surface area contributed by atoms with Gasteiger partial charge in [0.15, 0.2) is 5.82 Å². The zero-order valence-electron chi connectivity index (χ0n) is 26.7. The van der Waals surface area contributed by atoms with Crippen LogP contribution < -0.4 is 20.1 Å². The van der Waals surface area contributed by atoms with Crippen molar-refractivity contribution >= 4 is 33.4 Å². The van der Waals surface area contributed by atoms with Crippen LogP contribution in [0.25, 0.3) is 11.3 Å². The maximum atomic E-state index is 14.9. The van der Waals surface area contributed by atoms with E-state index in [0.29, 0.717) is 36.4 Å². The van der Waals surface area contributed by atoms with Gasteiger partial charge in [-0.15, -0.1) is 0 Å². The third kappa shape index (κ3) is 9.83. The number of nitrogens with one attached hydrogen (secondary N) is 2. The highest BCUT2D eigenvalue weighted by Crippen LogP contribution is 2.33. The molecule has 0 radical (unpaired) electrons. The minimum atomic E-state index is -3.14. The molecule has 0 saturated heterocycles. The minimum absolute atomic E-state index is 0.0368. The molecule has 2 atom stereocenters. The van der Waals surface area contributed by atoms with Gasteiger partial charge in [0.25, 0.3) is 5.91 Å². The van der Waals surface area contributed by atoms with Crippen LogP contribution in [-0.4, -0.2) is 57.3 Å². The fourth-order valence-electron chi connectivity index (χ4n) is 4.57. The van der Waals surface area contributed by atoms with Gasteiger partial charge in [-0.05, 0) is 69.4 Å². The van der Waals surface area contributed by atoms with E-state index in [0.717, 1.165) is 6.20 Å². The monoisotopic (exact) mass is 659 g/mol. The Morgan fingerprint density at radius 1 is 1.11 bits per heavy atom. The first-order chi connectivity index (χ1) is 21.6. The number of amides is 2. The van der Waals surface area contributed by atoms with Crippen molar-refractivity contribution in [2.45, 2.75) is 64.9 Å². The zero-order chi connectivity index (χ0) is 33.6. The van der Waals surface area contributed by atoms with Crippen LogP contribution in [0.5, 0.6) is 11.5 Å². The molecule has 4 rings (SSSR count). The van der Waals surface area contributed by atoms with Crippen LogP contribution in [0.4, 0.5) is 25.2 Å². The average Bonchev–Trinajstić information content (AvgIpc) is 2.93.